The minimum absolute atomic E-state index is 0.0567. The summed E-state index contributed by atoms with van der Waals surface area (Å²) < 4.78 is 13.6. The Bertz CT molecular complexity index is 331. The highest BCUT2D eigenvalue weighted by molar-refractivity contribution is 5.21. The Morgan fingerprint density at radius 2 is 2.25 bits per heavy atom. The van der Waals surface area contributed by atoms with Crippen LogP contribution in [-0.2, 0) is 0 Å². The van der Waals surface area contributed by atoms with Gasteiger partial charge in [-0.2, -0.15) is 0 Å². The van der Waals surface area contributed by atoms with Crippen molar-refractivity contribution in [2.24, 2.45) is 5.92 Å². The molecule has 1 fully saturated rings. The van der Waals surface area contributed by atoms with Gasteiger partial charge in [0.15, 0.2) is 0 Å². The molecule has 0 bridgehead atoms. The van der Waals surface area contributed by atoms with Crippen molar-refractivity contribution in [1.29, 1.82) is 0 Å². The zero-order valence-corrected chi connectivity index (χ0v) is 9.88. The summed E-state index contributed by atoms with van der Waals surface area (Å²) in [5.41, 5.74) is 0.869. The van der Waals surface area contributed by atoms with Gasteiger partial charge in [-0.25, -0.2) is 4.39 Å². The molecule has 1 aliphatic rings. The standard InChI is InChI=1S/C14H20FN/c1-11(9-12-5-4-8-16-10-12)13-6-2-3-7-14(13)15/h2-3,6-7,11-12,16H,4-5,8-10H2,1H3. The highest BCUT2D eigenvalue weighted by atomic mass is 19.1. The molecule has 0 aromatic heterocycles. The number of nitrogens with one attached hydrogen (secondary N) is 1. The Morgan fingerprint density at radius 3 is 2.94 bits per heavy atom. The van der Waals surface area contributed by atoms with Crippen LogP contribution in [0.3, 0.4) is 0 Å². The van der Waals surface area contributed by atoms with Crippen molar-refractivity contribution in [3.63, 3.8) is 0 Å². The molecular formula is C14H20FN. The topological polar surface area (TPSA) is 12.0 Å². The summed E-state index contributed by atoms with van der Waals surface area (Å²) in [7, 11) is 0. The van der Waals surface area contributed by atoms with E-state index in [1.54, 1.807) is 12.1 Å². The molecule has 0 aliphatic carbocycles. The SMILES string of the molecule is CC(CC1CCCNC1)c1ccccc1F. The maximum atomic E-state index is 13.6. The van der Waals surface area contributed by atoms with Crippen molar-refractivity contribution < 1.29 is 4.39 Å². The second kappa shape index (κ2) is 5.44. The van der Waals surface area contributed by atoms with E-state index in [0.29, 0.717) is 11.8 Å². The van der Waals surface area contributed by atoms with E-state index in [1.165, 1.54) is 12.8 Å². The molecule has 2 unspecified atom stereocenters. The van der Waals surface area contributed by atoms with Gasteiger partial charge in [0.2, 0.25) is 0 Å². The zero-order valence-electron chi connectivity index (χ0n) is 9.88. The number of piperidine rings is 1. The van der Waals surface area contributed by atoms with Crippen molar-refractivity contribution in [3.8, 4) is 0 Å². The molecule has 1 aromatic rings. The fourth-order valence-electron chi connectivity index (χ4n) is 2.63. The highest BCUT2D eigenvalue weighted by Gasteiger charge is 2.18. The van der Waals surface area contributed by atoms with Gasteiger partial charge < -0.3 is 5.32 Å². The Kier molecular flexibility index (Phi) is 3.94. The molecule has 0 radical (unpaired) electrons. The summed E-state index contributed by atoms with van der Waals surface area (Å²) >= 11 is 0. The quantitative estimate of drug-likeness (QED) is 0.825. The lowest BCUT2D eigenvalue weighted by atomic mass is 9.86. The van der Waals surface area contributed by atoms with Crippen LogP contribution in [0.15, 0.2) is 24.3 Å². The van der Waals surface area contributed by atoms with Crippen molar-refractivity contribution in [3.05, 3.63) is 35.6 Å². The van der Waals surface area contributed by atoms with Gasteiger partial charge in [0, 0.05) is 0 Å². The third kappa shape index (κ3) is 2.82. The van der Waals surface area contributed by atoms with Crippen LogP contribution >= 0.6 is 0 Å². The summed E-state index contributed by atoms with van der Waals surface area (Å²) in [6, 6.07) is 7.16. The Hall–Kier alpha value is -0.890. The van der Waals surface area contributed by atoms with E-state index in [-0.39, 0.29) is 5.82 Å². The maximum Gasteiger partial charge on any atom is 0.126 e. The number of rotatable bonds is 3. The van der Waals surface area contributed by atoms with Gasteiger partial charge in [-0.1, -0.05) is 25.1 Å². The number of halogens is 1. The molecule has 0 saturated carbocycles. The minimum Gasteiger partial charge on any atom is -0.316 e. The predicted molar refractivity (Wildman–Crippen MR) is 65.0 cm³/mol. The van der Waals surface area contributed by atoms with Gasteiger partial charge in [-0.05, 0) is 55.8 Å². The van der Waals surface area contributed by atoms with Crippen molar-refractivity contribution >= 4 is 0 Å². The summed E-state index contributed by atoms with van der Waals surface area (Å²) in [6.45, 7) is 4.37. The molecule has 1 N–H and O–H groups in total. The molecule has 1 aliphatic heterocycles. The Labute approximate surface area is 97.1 Å². The van der Waals surface area contributed by atoms with Crippen LogP contribution in [0.25, 0.3) is 0 Å². The maximum absolute atomic E-state index is 13.6. The van der Waals surface area contributed by atoms with E-state index in [9.17, 15) is 4.39 Å². The monoisotopic (exact) mass is 221 g/mol. The van der Waals surface area contributed by atoms with Gasteiger partial charge in [0.25, 0.3) is 0 Å². The molecule has 2 rings (SSSR count). The van der Waals surface area contributed by atoms with Crippen LogP contribution < -0.4 is 5.32 Å². The van der Waals surface area contributed by atoms with Crippen LogP contribution in [0, 0.1) is 11.7 Å². The van der Waals surface area contributed by atoms with Crippen molar-refractivity contribution in [2.45, 2.75) is 32.1 Å². The summed E-state index contributed by atoms with van der Waals surface area (Å²) in [4.78, 5) is 0. The molecule has 1 saturated heterocycles. The largest absolute Gasteiger partial charge is 0.316 e. The van der Waals surface area contributed by atoms with E-state index >= 15 is 0 Å². The lowest BCUT2D eigenvalue weighted by molar-refractivity contribution is 0.338. The number of benzene rings is 1. The normalized spacial score (nSPS) is 23.0. The Morgan fingerprint density at radius 1 is 1.44 bits per heavy atom. The van der Waals surface area contributed by atoms with Crippen molar-refractivity contribution in [2.75, 3.05) is 13.1 Å². The van der Waals surface area contributed by atoms with Gasteiger partial charge in [-0.3, -0.25) is 0 Å². The highest BCUT2D eigenvalue weighted by Crippen LogP contribution is 2.28. The summed E-state index contributed by atoms with van der Waals surface area (Å²) in [5.74, 6) is 0.980. The molecular weight excluding hydrogens is 201 g/mol. The molecule has 16 heavy (non-hydrogen) atoms. The second-order valence-corrected chi connectivity index (χ2v) is 4.87. The molecule has 88 valence electrons. The first kappa shape index (κ1) is 11.6. The second-order valence-electron chi connectivity index (χ2n) is 4.87. The minimum atomic E-state index is -0.0567. The molecule has 2 atom stereocenters. The lowest BCUT2D eigenvalue weighted by Gasteiger charge is -2.25. The van der Waals surface area contributed by atoms with E-state index in [1.807, 2.05) is 12.1 Å². The van der Waals surface area contributed by atoms with Gasteiger partial charge in [-0.15, -0.1) is 0 Å². The Balaban J connectivity index is 1.96. The van der Waals surface area contributed by atoms with Crippen LogP contribution in [0.5, 0.6) is 0 Å². The predicted octanol–water partition coefficient (Wildman–Crippen LogP) is 3.32. The summed E-state index contributed by atoms with van der Waals surface area (Å²) in [6.07, 6.45) is 3.63. The fraction of sp³-hybridized carbons (Fsp3) is 0.571. The van der Waals surface area contributed by atoms with Crippen LogP contribution in [0.2, 0.25) is 0 Å². The van der Waals surface area contributed by atoms with Crippen LogP contribution in [-0.4, -0.2) is 13.1 Å². The summed E-state index contributed by atoms with van der Waals surface area (Å²) in [5, 5.41) is 3.41. The van der Waals surface area contributed by atoms with Crippen LogP contribution in [0.4, 0.5) is 4.39 Å². The van der Waals surface area contributed by atoms with Crippen molar-refractivity contribution in [1.82, 2.24) is 5.32 Å². The molecule has 1 heterocycles. The third-order valence-electron chi connectivity index (χ3n) is 3.52. The smallest absolute Gasteiger partial charge is 0.126 e. The molecule has 1 aromatic carbocycles. The molecule has 2 heteroatoms. The first-order chi connectivity index (χ1) is 7.77. The van der Waals surface area contributed by atoms with Gasteiger partial charge in [0.1, 0.15) is 5.82 Å². The zero-order chi connectivity index (χ0) is 11.4. The average Bonchev–Trinajstić information content (AvgIpc) is 2.31. The van der Waals surface area contributed by atoms with E-state index < -0.39 is 0 Å². The molecule has 1 nitrogen and oxygen atoms in total. The molecule has 0 amide bonds. The lowest BCUT2D eigenvalue weighted by Crippen LogP contribution is -2.30. The third-order valence-corrected chi connectivity index (χ3v) is 3.52. The van der Waals surface area contributed by atoms with Gasteiger partial charge >= 0.3 is 0 Å². The average molecular weight is 221 g/mol. The van der Waals surface area contributed by atoms with E-state index in [4.69, 9.17) is 0 Å². The van der Waals surface area contributed by atoms with Crippen LogP contribution in [0.1, 0.15) is 37.7 Å². The first-order valence-electron chi connectivity index (χ1n) is 6.22. The van der Waals surface area contributed by atoms with E-state index in [2.05, 4.69) is 12.2 Å². The fourth-order valence-corrected chi connectivity index (χ4v) is 2.63. The number of hydrogen-bond donors (Lipinski definition) is 1. The number of hydrogen-bond acceptors (Lipinski definition) is 1. The van der Waals surface area contributed by atoms with Gasteiger partial charge in [0.05, 0.1) is 0 Å². The van der Waals surface area contributed by atoms with E-state index in [0.717, 1.165) is 25.1 Å². The molecule has 0 spiro atoms. The first-order valence-corrected chi connectivity index (χ1v) is 6.22.